The molecule has 1 saturated carbocycles. The van der Waals surface area contributed by atoms with Gasteiger partial charge in [-0.25, -0.2) is 0 Å². The number of nitrogens with zero attached hydrogens (tertiary/aromatic N) is 1. The highest BCUT2D eigenvalue weighted by Gasteiger charge is 2.58. The van der Waals surface area contributed by atoms with Gasteiger partial charge in [-0.05, 0) is 51.3 Å². The number of rotatable bonds is 5. The van der Waals surface area contributed by atoms with Gasteiger partial charge in [0.15, 0.2) is 5.78 Å². The molecule has 25 heavy (non-hydrogen) atoms. The molecular formula is C18H22ClNO5. The van der Waals surface area contributed by atoms with Crippen molar-refractivity contribution in [3.63, 3.8) is 0 Å². The Morgan fingerprint density at radius 1 is 1.44 bits per heavy atom. The maximum Gasteiger partial charge on any atom is 0.321 e. The molecule has 0 amide bonds. The summed E-state index contributed by atoms with van der Waals surface area (Å²) in [6, 6.07) is 6.54. The summed E-state index contributed by atoms with van der Waals surface area (Å²) in [5.41, 5.74) is -1.82. The monoisotopic (exact) mass is 367 g/mol. The maximum absolute atomic E-state index is 13.0. The first-order valence-corrected chi connectivity index (χ1v) is 8.58. The Bertz CT molecular complexity index is 697. The Labute approximate surface area is 151 Å². The second kappa shape index (κ2) is 7.12. The standard InChI is InChI=1S/C18H22ClNO5/c1-17(2,3)25-16(22)18(9-5-8-15(18)21)14(11-20(23)24)12-6-4-7-13(19)10-12/h4,6-7,10,14H,5,8-9,11H2,1-3H3/t14-,18+/m0/s1. The lowest BCUT2D eigenvalue weighted by atomic mass is 9.69. The van der Waals surface area contributed by atoms with Gasteiger partial charge in [0.2, 0.25) is 6.54 Å². The molecule has 0 saturated heterocycles. The lowest BCUT2D eigenvalue weighted by molar-refractivity contribution is -0.485. The molecule has 0 N–H and O–H groups in total. The van der Waals surface area contributed by atoms with Gasteiger partial charge in [0.25, 0.3) is 0 Å². The summed E-state index contributed by atoms with van der Waals surface area (Å²) in [7, 11) is 0. The van der Waals surface area contributed by atoms with Crippen molar-refractivity contribution in [2.45, 2.75) is 51.6 Å². The van der Waals surface area contributed by atoms with Crippen molar-refractivity contribution >= 4 is 23.4 Å². The number of esters is 1. The molecule has 1 aromatic carbocycles. The fraction of sp³-hybridized carbons (Fsp3) is 0.556. The van der Waals surface area contributed by atoms with Crippen molar-refractivity contribution < 1.29 is 19.2 Å². The lowest BCUT2D eigenvalue weighted by Crippen LogP contribution is -2.47. The van der Waals surface area contributed by atoms with Gasteiger partial charge in [-0.15, -0.1) is 0 Å². The molecule has 6 nitrogen and oxygen atoms in total. The molecule has 0 aromatic heterocycles. The largest absolute Gasteiger partial charge is 0.459 e. The van der Waals surface area contributed by atoms with E-state index in [1.54, 1.807) is 45.0 Å². The highest BCUT2D eigenvalue weighted by molar-refractivity contribution is 6.30. The summed E-state index contributed by atoms with van der Waals surface area (Å²) in [5.74, 6) is -1.89. The highest BCUT2D eigenvalue weighted by Crippen LogP contribution is 2.48. The molecule has 1 aliphatic rings. The second-order valence-corrected chi connectivity index (χ2v) is 7.81. The normalized spacial score (nSPS) is 21.8. The number of carbonyl (C=O) groups excluding carboxylic acids is 2. The van der Waals surface area contributed by atoms with Crippen LogP contribution in [-0.2, 0) is 14.3 Å². The molecule has 1 fully saturated rings. The minimum Gasteiger partial charge on any atom is -0.459 e. The maximum atomic E-state index is 13.0. The van der Waals surface area contributed by atoms with Gasteiger partial charge in [-0.3, -0.25) is 19.7 Å². The van der Waals surface area contributed by atoms with Gasteiger partial charge in [0, 0.05) is 16.4 Å². The van der Waals surface area contributed by atoms with Gasteiger partial charge in [0.1, 0.15) is 11.0 Å². The average molecular weight is 368 g/mol. The van der Waals surface area contributed by atoms with Gasteiger partial charge in [-0.1, -0.05) is 23.7 Å². The van der Waals surface area contributed by atoms with E-state index >= 15 is 0 Å². The fourth-order valence-corrected chi connectivity index (χ4v) is 3.60. The number of ether oxygens (including phenoxy) is 1. The van der Waals surface area contributed by atoms with Crippen LogP contribution in [0.15, 0.2) is 24.3 Å². The zero-order chi connectivity index (χ0) is 18.8. The SMILES string of the molecule is CC(C)(C)OC(=O)[C@@]1([C@@H](C[N+](=O)[O-])c2cccc(Cl)c2)CCCC1=O. The number of hydrogen-bond donors (Lipinski definition) is 0. The molecule has 0 heterocycles. The molecule has 0 radical (unpaired) electrons. The topological polar surface area (TPSA) is 86.5 Å². The molecular weight excluding hydrogens is 346 g/mol. The summed E-state index contributed by atoms with van der Waals surface area (Å²) in [5, 5.41) is 11.7. The third-order valence-corrected chi connectivity index (χ3v) is 4.65. The van der Waals surface area contributed by atoms with Gasteiger partial charge in [-0.2, -0.15) is 0 Å². The first kappa shape index (κ1) is 19.4. The first-order valence-electron chi connectivity index (χ1n) is 8.20. The second-order valence-electron chi connectivity index (χ2n) is 7.37. The smallest absolute Gasteiger partial charge is 0.321 e. The number of nitro groups is 1. The number of Topliss-reactive ketones (excluding diaryl/α,β-unsaturated/α-hetero) is 1. The van der Waals surface area contributed by atoms with Crippen LogP contribution in [-0.4, -0.2) is 28.8 Å². The molecule has 1 aromatic rings. The quantitative estimate of drug-likeness (QED) is 0.342. The lowest BCUT2D eigenvalue weighted by Gasteiger charge is -2.34. The zero-order valence-electron chi connectivity index (χ0n) is 14.6. The third-order valence-electron chi connectivity index (χ3n) is 4.41. The Morgan fingerprint density at radius 3 is 2.60 bits per heavy atom. The van der Waals surface area contributed by atoms with Crippen molar-refractivity contribution in [1.82, 2.24) is 0 Å². The summed E-state index contributed by atoms with van der Waals surface area (Å²) in [6.07, 6.45) is 0.965. The number of ketones is 1. The molecule has 136 valence electrons. The molecule has 0 unspecified atom stereocenters. The number of hydrogen-bond acceptors (Lipinski definition) is 5. The highest BCUT2D eigenvalue weighted by atomic mass is 35.5. The van der Waals surface area contributed by atoms with E-state index in [0.717, 1.165) is 0 Å². The van der Waals surface area contributed by atoms with E-state index in [1.165, 1.54) is 0 Å². The Balaban J connectivity index is 2.56. The predicted molar refractivity (Wildman–Crippen MR) is 93.2 cm³/mol. The Hall–Kier alpha value is -1.95. The van der Waals surface area contributed by atoms with Crippen molar-refractivity contribution in [3.05, 3.63) is 45.0 Å². The average Bonchev–Trinajstić information content (AvgIpc) is 2.85. The Kier molecular flexibility index (Phi) is 5.52. The molecule has 0 bridgehead atoms. The summed E-state index contributed by atoms with van der Waals surface area (Å²) < 4.78 is 5.49. The van der Waals surface area contributed by atoms with Crippen molar-refractivity contribution in [3.8, 4) is 0 Å². The van der Waals surface area contributed by atoms with Gasteiger partial charge < -0.3 is 4.74 Å². The van der Waals surface area contributed by atoms with Crippen LogP contribution in [0.5, 0.6) is 0 Å². The van der Waals surface area contributed by atoms with Crippen LogP contribution in [0.4, 0.5) is 0 Å². The van der Waals surface area contributed by atoms with E-state index in [4.69, 9.17) is 16.3 Å². The van der Waals surface area contributed by atoms with Crippen molar-refractivity contribution in [2.24, 2.45) is 5.41 Å². The van der Waals surface area contributed by atoms with Crippen LogP contribution in [0.1, 0.15) is 51.5 Å². The van der Waals surface area contributed by atoms with Crippen LogP contribution in [0.25, 0.3) is 0 Å². The van der Waals surface area contributed by atoms with Crippen LogP contribution in [0.2, 0.25) is 5.02 Å². The molecule has 2 atom stereocenters. The minimum absolute atomic E-state index is 0.216. The fourth-order valence-electron chi connectivity index (χ4n) is 3.40. The minimum atomic E-state index is -1.54. The van der Waals surface area contributed by atoms with E-state index in [0.29, 0.717) is 17.0 Å². The number of benzene rings is 1. The van der Waals surface area contributed by atoms with Crippen molar-refractivity contribution in [2.75, 3.05) is 6.54 Å². The molecule has 0 aliphatic heterocycles. The first-order chi connectivity index (χ1) is 11.6. The van der Waals surface area contributed by atoms with E-state index in [1.807, 2.05) is 0 Å². The predicted octanol–water partition coefficient (Wildman–Crippen LogP) is 3.78. The van der Waals surface area contributed by atoms with Crippen LogP contribution in [0, 0.1) is 15.5 Å². The van der Waals surface area contributed by atoms with Crippen LogP contribution >= 0.6 is 11.6 Å². The summed E-state index contributed by atoms with van der Waals surface area (Å²) in [6.45, 7) is 4.59. The van der Waals surface area contributed by atoms with E-state index in [2.05, 4.69) is 0 Å². The third kappa shape index (κ3) is 4.18. The summed E-state index contributed by atoms with van der Waals surface area (Å²) in [4.78, 5) is 36.5. The van der Waals surface area contributed by atoms with Gasteiger partial charge >= 0.3 is 5.97 Å². The molecule has 7 heteroatoms. The van der Waals surface area contributed by atoms with E-state index < -0.39 is 34.4 Å². The molecule has 1 aliphatic carbocycles. The van der Waals surface area contributed by atoms with E-state index in [-0.39, 0.29) is 18.6 Å². The molecule has 0 spiro atoms. The Morgan fingerprint density at radius 2 is 2.12 bits per heavy atom. The number of halogens is 1. The van der Waals surface area contributed by atoms with Gasteiger partial charge in [0.05, 0.1) is 5.92 Å². The summed E-state index contributed by atoms with van der Waals surface area (Å²) >= 11 is 6.03. The zero-order valence-corrected chi connectivity index (χ0v) is 15.3. The van der Waals surface area contributed by atoms with Crippen LogP contribution < -0.4 is 0 Å². The molecule has 2 rings (SSSR count). The van der Waals surface area contributed by atoms with Crippen molar-refractivity contribution in [1.29, 1.82) is 0 Å². The van der Waals surface area contributed by atoms with E-state index in [9.17, 15) is 19.7 Å². The number of carbonyl (C=O) groups is 2. The van der Waals surface area contributed by atoms with Crippen LogP contribution in [0.3, 0.4) is 0 Å².